The lowest BCUT2D eigenvalue weighted by Crippen LogP contribution is -1.84. The second-order valence-corrected chi connectivity index (χ2v) is 4.26. The molecule has 0 heterocycles. The van der Waals surface area contributed by atoms with Crippen LogP contribution in [0.2, 0.25) is 0 Å². The fourth-order valence-electron chi connectivity index (χ4n) is 1.00. The minimum atomic E-state index is 1.14. The summed E-state index contributed by atoms with van der Waals surface area (Å²) in [6.07, 6.45) is 2.33. The molecular weight excluding hydrogens is 268 g/mol. The van der Waals surface area contributed by atoms with Crippen molar-refractivity contribution in [3.63, 3.8) is 0 Å². The summed E-state index contributed by atoms with van der Waals surface area (Å²) in [6, 6.07) is 6.28. The molecule has 0 aliphatic heterocycles. The Bertz CT molecular complexity index is 243. The average Bonchev–Trinajstić information content (AvgIpc) is 1.98. The Morgan fingerprint density at radius 2 is 2.00 bits per heavy atom. The Kier molecular flexibility index (Phi) is 3.60. The molecule has 11 heavy (non-hydrogen) atoms. The number of hydrogen-bond donors (Lipinski definition) is 0. The zero-order valence-electron chi connectivity index (χ0n) is 6.40. The van der Waals surface area contributed by atoms with Gasteiger partial charge in [-0.05, 0) is 30.2 Å². The van der Waals surface area contributed by atoms with E-state index in [1.54, 1.807) is 0 Å². The smallest absolute Gasteiger partial charge is 0.0208 e. The Balaban J connectivity index is 2.93. The molecule has 0 fully saturated rings. The van der Waals surface area contributed by atoms with Crippen LogP contribution in [-0.2, 0) is 6.42 Å². The first-order chi connectivity index (χ1) is 5.24. The lowest BCUT2D eigenvalue weighted by Gasteiger charge is -2.02. The zero-order valence-corrected chi connectivity index (χ0v) is 9.57. The van der Waals surface area contributed by atoms with Gasteiger partial charge in [-0.1, -0.05) is 45.2 Å². The normalized spacial score (nSPS) is 10.1. The number of halogens is 2. The van der Waals surface area contributed by atoms with Gasteiger partial charge in [0, 0.05) is 8.95 Å². The van der Waals surface area contributed by atoms with E-state index in [9.17, 15) is 0 Å². The van der Waals surface area contributed by atoms with Crippen LogP contribution in [0.25, 0.3) is 0 Å². The number of rotatable bonds is 2. The number of aryl methyl sites for hydroxylation is 1. The Morgan fingerprint density at radius 1 is 1.27 bits per heavy atom. The van der Waals surface area contributed by atoms with Gasteiger partial charge in [0.25, 0.3) is 0 Å². The van der Waals surface area contributed by atoms with Crippen molar-refractivity contribution in [1.82, 2.24) is 0 Å². The lowest BCUT2D eigenvalue weighted by molar-refractivity contribution is 0.916. The molecule has 0 saturated heterocycles. The lowest BCUT2D eigenvalue weighted by atomic mass is 10.1. The highest BCUT2D eigenvalue weighted by atomic mass is 79.9. The van der Waals surface area contributed by atoms with E-state index in [1.807, 2.05) is 6.07 Å². The fraction of sp³-hybridized carbons (Fsp3) is 0.333. The molecule has 0 amide bonds. The molecule has 2 heteroatoms. The molecule has 0 nitrogen and oxygen atoms in total. The summed E-state index contributed by atoms with van der Waals surface area (Å²) in [5.41, 5.74) is 1.38. The largest absolute Gasteiger partial charge is 0.0651 e. The maximum atomic E-state index is 3.51. The zero-order chi connectivity index (χ0) is 8.27. The molecule has 0 radical (unpaired) electrons. The topological polar surface area (TPSA) is 0 Å². The van der Waals surface area contributed by atoms with Gasteiger partial charge in [-0.3, -0.25) is 0 Å². The molecule has 0 spiro atoms. The Morgan fingerprint density at radius 3 is 2.64 bits per heavy atom. The Labute approximate surface area is 84.3 Å². The first-order valence-corrected chi connectivity index (χ1v) is 5.26. The molecule has 60 valence electrons. The fourth-order valence-corrected chi connectivity index (χ4v) is 1.86. The molecule has 0 saturated carbocycles. The van der Waals surface area contributed by atoms with Crippen LogP contribution in [0.15, 0.2) is 27.1 Å². The number of benzene rings is 1. The highest BCUT2D eigenvalue weighted by Crippen LogP contribution is 2.22. The van der Waals surface area contributed by atoms with Gasteiger partial charge in [0.05, 0.1) is 0 Å². The quantitative estimate of drug-likeness (QED) is 0.761. The van der Waals surface area contributed by atoms with Gasteiger partial charge in [0.15, 0.2) is 0 Å². The molecule has 1 aromatic rings. The molecule has 0 aliphatic rings. The van der Waals surface area contributed by atoms with E-state index in [4.69, 9.17) is 0 Å². The van der Waals surface area contributed by atoms with Crippen molar-refractivity contribution in [2.75, 3.05) is 0 Å². The van der Waals surface area contributed by atoms with Gasteiger partial charge in [-0.25, -0.2) is 0 Å². The molecule has 0 aliphatic carbocycles. The van der Waals surface area contributed by atoms with Crippen molar-refractivity contribution in [3.05, 3.63) is 32.7 Å². The van der Waals surface area contributed by atoms with E-state index in [0.29, 0.717) is 0 Å². The third kappa shape index (κ3) is 2.60. The molecule has 1 rings (SSSR count). The highest BCUT2D eigenvalue weighted by Gasteiger charge is 1.98. The van der Waals surface area contributed by atoms with Crippen LogP contribution in [0.1, 0.15) is 18.9 Å². The van der Waals surface area contributed by atoms with Crippen molar-refractivity contribution in [1.29, 1.82) is 0 Å². The third-order valence-electron chi connectivity index (χ3n) is 1.53. The SMILES string of the molecule is CCCc1cc(Br)ccc1Br. The van der Waals surface area contributed by atoms with E-state index in [2.05, 4.69) is 50.9 Å². The third-order valence-corrected chi connectivity index (χ3v) is 2.79. The van der Waals surface area contributed by atoms with Gasteiger partial charge in [-0.2, -0.15) is 0 Å². The van der Waals surface area contributed by atoms with Crippen molar-refractivity contribution in [2.45, 2.75) is 19.8 Å². The van der Waals surface area contributed by atoms with E-state index in [0.717, 1.165) is 10.9 Å². The summed E-state index contributed by atoms with van der Waals surface area (Å²) >= 11 is 6.96. The second-order valence-electron chi connectivity index (χ2n) is 2.49. The van der Waals surface area contributed by atoms with E-state index >= 15 is 0 Å². The van der Waals surface area contributed by atoms with Crippen molar-refractivity contribution < 1.29 is 0 Å². The minimum Gasteiger partial charge on any atom is -0.0651 e. The van der Waals surface area contributed by atoms with Crippen LogP contribution < -0.4 is 0 Å². The van der Waals surface area contributed by atoms with Crippen LogP contribution in [0.4, 0.5) is 0 Å². The summed E-state index contributed by atoms with van der Waals surface area (Å²) in [4.78, 5) is 0. The summed E-state index contributed by atoms with van der Waals surface area (Å²) in [5, 5.41) is 0. The van der Waals surface area contributed by atoms with Gasteiger partial charge in [0.2, 0.25) is 0 Å². The molecule has 0 bridgehead atoms. The van der Waals surface area contributed by atoms with Crippen LogP contribution >= 0.6 is 31.9 Å². The summed E-state index contributed by atoms with van der Waals surface area (Å²) < 4.78 is 2.37. The second kappa shape index (κ2) is 4.27. The Hall–Kier alpha value is 0.180. The average molecular weight is 278 g/mol. The summed E-state index contributed by atoms with van der Waals surface area (Å²) in [6.45, 7) is 2.19. The molecule has 0 aromatic heterocycles. The first kappa shape index (κ1) is 9.27. The van der Waals surface area contributed by atoms with Crippen molar-refractivity contribution >= 4 is 31.9 Å². The van der Waals surface area contributed by atoms with Gasteiger partial charge < -0.3 is 0 Å². The van der Waals surface area contributed by atoms with Crippen molar-refractivity contribution in [2.24, 2.45) is 0 Å². The molecule has 0 atom stereocenters. The van der Waals surface area contributed by atoms with Crippen LogP contribution in [0, 0.1) is 0 Å². The van der Waals surface area contributed by atoms with Crippen LogP contribution in [0.3, 0.4) is 0 Å². The standard InChI is InChI=1S/C9H10Br2/c1-2-3-7-6-8(10)4-5-9(7)11/h4-6H,2-3H2,1H3. The van der Waals surface area contributed by atoms with E-state index in [-0.39, 0.29) is 0 Å². The predicted octanol–water partition coefficient (Wildman–Crippen LogP) is 4.16. The van der Waals surface area contributed by atoms with Crippen LogP contribution in [0.5, 0.6) is 0 Å². The molecule has 1 aromatic carbocycles. The van der Waals surface area contributed by atoms with Gasteiger partial charge >= 0.3 is 0 Å². The monoisotopic (exact) mass is 276 g/mol. The van der Waals surface area contributed by atoms with Gasteiger partial charge in [0.1, 0.15) is 0 Å². The summed E-state index contributed by atoms with van der Waals surface area (Å²) in [5.74, 6) is 0. The number of hydrogen-bond acceptors (Lipinski definition) is 0. The maximum absolute atomic E-state index is 3.51. The highest BCUT2D eigenvalue weighted by molar-refractivity contribution is 9.11. The van der Waals surface area contributed by atoms with Gasteiger partial charge in [-0.15, -0.1) is 0 Å². The first-order valence-electron chi connectivity index (χ1n) is 3.68. The molecular formula is C9H10Br2. The summed E-state index contributed by atoms with van der Waals surface area (Å²) in [7, 11) is 0. The maximum Gasteiger partial charge on any atom is 0.0208 e. The van der Waals surface area contributed by atoms with E-state index in [1.165, 1.54) is 16.5 Å². The minimum absolute atomic E-state index is 1.14. The molecule has 0 unspecified atom stereocenters. The van der Waals surface area contributed by atoms with Crippen LogP contribution in [-0.4, -0.2) is 0 Å². The van der Waals surface area contributed by atoms with Crippen molar-refractivity contribution in [3.8, 4) is 0 Å². The predicted molar refractivity (Wildman–Crippen MR) is 55.8 cm³/mol. The molecule has 0 N–H and O–H groups in total. The van der Waals surface area contributed by atoms with E-state index < -0.39 is 0 Å².